The smallest absolute Gasteiger partial charge is 0.274 e. The Morgan fingerprint density at radius 1 is 1.09 bits per heavy atom. The minimum atomic E-state index is -0.148. The van der Waals surface area contributed by atoms with Crippen molar-refractivity contribution >= 4 is 5.91 Å². The van der Waals surface area contributed by atoms with Gasteiger partial charge in [0.05, 0.1) is 19.0 Å². The average Bonchev–Trinajstić information content (AvgIpc) is 3.13. The van der Waals surface area contributed by atoms with Crippen LogP contribution in [0.2, 0.25) is 0 Å². The summed E-state index contributed by atoms with van der Waals surface area (Å²) < 4.78 is 5.37. The van der Waals surface area contributed by atoms with Gasteiger partial charge in [0.25, 0.3) is 5.91 Å². The van der Waals surface area contributed by atoms with E-state index in [2.05, 4.69) is 22.1 Å². The number of amides is 1. The van der Waals surface area contributed by atoms with Crippen molar-refractivity contribution in [3.8, 4) is 0 Å². The molecule has 23 heavy (non-hydrogen) atoms. The second kappa shape index (κ2) is 7.35. The van der Waals surface area contributed by atoms with Crippen molar-refractivity contribution < 1.29 is 9.21 Å². The van der Waals surface area contributed by atoms with Gasteiger partial charge in [0.2, 0.25) is 0 Å². The molecule has 1 amide bonds. The summed E-state index contributed by atoms with van der Waals surface area (Å²) in [4.78, 5) is 22.5. The summed E-state index contributed by atoms with van der Waals surface area (Å²) in [6.07, 6.45) is 6.94. The van der Waals surface area contributed by atoms with Crippen LogP contribution in [0.4, 0.5) is 0 Å². The molecule has 0 atom stereocenters. The fourth-order valence-electron chi connectivity index (χ4n) is 2.32. The van der Waals surface area contributed by atoms with Crippen LogP contribution in [0.1, 0.15) is 21.8 Å². The number of carbonyl (C=O) groups excluding carboxylic acids is 1. The van der Waals surface area contributed by atoms with Crippen LogP contribution in [-0.4, -0.2) is 27.3 Å². The third-order valence-electron chi connectivity index (χ3n) is 3.51. The SMILES string of the molecule is O=C(c1cnccn1)N(CCc1ccccc1)Cc1ccco1. The highest BCUT2D eigenvalue weighted by Gasteiger charge is 2.18. The molecule has 2 aromatic heterocycles. The molecule has 0 aliphatic heterocycles. The van der Waals surface area contributed by atoms with Gasteiger partial charge in [0, 0.05) is 18.9 Å². The molecule has 0 N–H and O–H groups in total. The van der Waals surface area contributed by atoms with Crippen molar-refractivity contribution in [1.82, 2.24) is 14.9 Å². The Balaban J connectivity index is 1.74. The van der Waals surface area contributed by atoms with Gasteiger partial charge in [-0.25, -0.2) is 4.98 Å². The van der Waals surface area contributed by atoms with Gasteiger partial charge in [0.15, 0.2) is 0 Å². The Labute approximate surface area is 134 Å². The molecule has 3 aromatic rings. The molecule has 1 aromatic carbocycles. The first-order valence-electron chi connectivity index (χ1n) is 7.44. The van der Waals surface area contributed by atoms with E-state index in [4.69, 9.17) is 4.42 Å². The van der Waals surface area contributed by atoms with Crippen LogP contribution in [0.5, 0.6) is 0 Å². The Kier molecular flexibility index (Phi) is 4.79. The molecular formula is C18H17N3O2. The third-order valence-corrected chi connectivity index (χ3v) is 3.51. The van der Waals surface area contributed by atoms with Crippen molar-refractivity contribution in [2.75, 3.05) is 6.54 Å². The van der Waals surface area contributed by atoms with Gasteiger partial charge < -0.3 is 9.32 Å². The Hall–Kier alpha value is -2.95. The predicted molar refractivity (Wildman–Crippen MR) is 85.6 cm³/mol. The topological polar surface area (TPSA) is 59.2 Å². The minimum absolute atomic E-state index is 0.148. The molecule has 5 heteroatoms. The number of nitrogens with zero attached hydrogens (tertiary/aromatic N) is 3. The van der Waals surface area contributed by atoms with Gasteiger partial charge in [-0.3, -0.25) is 9.78 Å². The van der Waals surface area contributed by atoms with Crippen molar-refractivity contribution in [2.24, 2.45) is 0 Å². The third kappa shape index (κ3) is 4.03. The summed E-state index contributed by atoms with van der Waals surface area (Å²) in [6.45, 7) is 0.995. The standard InChI is InChI=1S/C18H17N3O2/c22-18(17-13-19-9-10-20-17)21(14-16-7-4-12-23-16)11-8-15-5-2-1-3-6-15/h1-7,9-10,12-13H,8,11,14H2. The Morgan fingerprint density at radius 3 is 2.65 bits per heavy atom. The van der Waals surface area contributed by atoms with Gasteiger partial charge in [-0.2, -0.15) is 0 Å². The maximum Gasteiger partial charge on any atom is 0.274 e. The second-order valence-corrected chi connectivity index (χ2v) is 5.13. The van der Waals surface area contributed by atoms with Crippen LogP contribution < -0.4 is 0 Å². The summed E-state index contributed by atoms with van der Waals surface area (Å²) in [5.41, 5.74) is 1.52. The Morgan fingerprint density at radius 2 is 1.96 bits per heavy atom. The molecule has 0 aliphatic carbocycles. The van der Waals surface area contributed by atoms with Crippen molar-refractivity contribution in [1.29, 1.82) is 0 Å². The summed E-state index contributed by atoms with van der Waals surface area (Å²) in [5, 5.41) is 0. The number of hydrogen-bond donors (Lipinski definition) is 0. The zero-order valence-electron chi connectivity index (χ0n) is 12.6. The highest BCUT2D eigenvalue weighted by Crippen LogP contribution is 2.11. The molecule has 0 radical (unpaired) electrons. The number of furan rings is 1. The van der Waals surface area contributed by atoms with E-state index in [1.165, 1.54) is 18.0 Å². The van der Waals surface area contributed by atoms with Crippen molar-refractivity contribution in [3.05, 3.63) is 84.3 Å². The van der Waals surface area contributed by atoms with Gasteiger partial charge in [-0.1, -0.05) is 30.3 Å². The number of rotatable bonds is 6. The van der Waals surface area contributed by atoms with E-state index in [0.29, 0.717) is 18.8 Å². The van der Waals surface area contributed by atoms with Crippen LogP contribution in [0.25, 0.3) is 0 Å². The van der Waals surface area contributed by atoms with E-state index in [1.54, 1.807) is 17.4 Å². The maximum atomic E-state index is 12.7. The minimum Gasteiger partial charge on any atom is -0.467 e. The lowest BCUT2D eigenvalue weighted by molar-refractivity contribution is 0.0727. The molecule has 0 aliphatic rings. The first-order chi connectivity index (χ1) is 11.3. The number of benzene rings is 1. The largest absolute Gasteiger partial charge is 0.467 e. The molecule has 2 heterocycles. The summed E-state index contributed by atoms with van der Waals surface area (Å²) >= 11 is 0. The van der Waals surface area contributed by atoms with Gasteiger partial charge >= 0.3 is 0 Å². The molecule has 0 bridgehead atoms. The van der Waals surface area contributed by atoms with Crippen LogP contribution in [0, 0.1) is 0 Å². The van der Waals surface area contributed by atoms with Gasteiger partial charge in [0.1, 0.15) is 11.5 Å². The number of hydrogen-bond acceptors (Lipinski definition) is 4. The van der Waals surface area contributed by atoms with Crippen LogP contribution >= 0.6 is 0 Å². The van der Waals surface area contributed by atoms with E-state index in [9.17, 15) is 4.79 Å². The number of aromatic nitrogens is 2. The lowest BCUT2D eigenvalue weighted by Gasteiger charge is -2.21. The summed E-state index contributed by atoms with van der Waals surface area (Å²) in [5.74, 6) is 0.598. The van der Waals surface area contributed by atoms with Crippen molar-refractivity contribution in [2.45, 2.75) is 13.0 Å². The molecule has 0 saturated heterocycles. The first kappa shape index (κ1) is 15.0. The lowest BCUT2D eigenvalue weighted by Crippen LogP contribution is -2.33. The zero-order valence-corrected chi connectivity index (χ0v) is 12.6. The van der Waals surface area contributed by atoms with Crippen LogP contribution in [0.15, 0.2) is 71.7 Å². The highest BCUT2D eigenvalue weighted by molar-refractivity contribution is 5.91. The molecule has 116 valence electrons. The van der Waals surface area contributed by atoms with E-state index >= 15 is 0 Å². The fourth-order valence-corrected chi connectivity index (χ4v) is 2.32. The monoisotopic (exact) mass is 307 g/mol. The molecular weight excluding hydrogens is 290 g/mol. The summed E-state index contributed by atoms with van der Waals surface area (Å²) in [7, 11) is 0. The average molecular weight is 307 g/mol. The van der Waals surface area contributed by atoms with Crippen LogP contribution in [0.3, 0.4) is 0 Å². The molecule has 3 rings (SSSR count). The zero-order chi connectivity index (χ0) is 15.9. The van der Waals surface area contributed by atoms with E-state index in [1.807, 2.05) is 30.3 Å². The summed E-state index contributed by atoms with van der Waals surface area (Å²) in [6, 6.07) is 13.8. The van der Waals surface area contributed by atoms with Gasteiger partial charge in [-0.05, 0) is 24.1 Å². The fraction of sp³-hybridized carbons (Fsp3) is 0.167. The molecule has 0 saturated carbocycles. The van der Waals surface area contributed by atoms with Crippen LogP contribution in [-0.2, 0) is 13.0 Å². The highest BCUT2D eigenvalue weighted by atomic mass is 16.3. The first-order valence-corrected chi connectivity index (χ1v) is 7.44. The quantitative estimate of drug-likeness (QED) is 0.702. The predicted octanol–water partition coefficient (Wildman–Crippen LogP) is 2.95. The second-order valence-electron chi connectivity index (χ2n) is 5.13. The van der Waals surface area contributed by atoms with E-state index in [0.717, 1.165) is 12.2 Å². The molecule has 0 spiro atoms. The number of carbonyl (C=O) groups is 1. The van der Waals surface area contributed by atoms with E-state index < -0.39 is 0 Å². The van der Waals surface area contributed by atoms with E-state index in [-0.39, 0.29) is 5.91 Å². The molecule has 0 unspecified atom stereocenters. The Bertz CT molecular complexity index is 727. The maximum absolute atomic E-state index is 12.7. The van der Waals surface area contributed by atoms with Gasteiger partial charge in [-0.15, -0.1) is 0 Å². The molecule has 0 fully saturated rings. The van der Waals surface area contributed by atoms with Crippen molar-refractivity contribution in [3.63, 3.8) is 0 Å². The normalized spacial score (nSPS) is 10.4. The molecule has 5 nitrogen and oxygen atoms in total. The lowest BCUT2D eigenvalue weighted by atomic mass is 10.1.